The van der Waals surface area contributed by atoms with Gasteiger partial charge in [-0.1, -0.05) is 12.1 Å². The summed E-state index contributed by atoms with van der Waals surface area (Å²) in [6, 6.07) is 7.07. The molecular weight excluding hydrogens is 270 g/mol. The van der Waals surface area contributed by atoms with Crippen LogP contribution in [0.4, 0.5) is 4.79 Å². The van der Waals surface area contributed by atoms with Crippen molar-refractivity contribution in [3.05, 3.63) is 35.5 Å². The molecule has 112 valence electrons. The number of carbonyl (C=O) groups excluding carboxylic acids is 2. The first-order valence-corrected chi connectivity index (χ1v) is 6.67. The van der Waals surface area contributed by atoms with Crippen LogP contribution in [0.5, 0.6) is 0 Å². The Morgan fingerprint density at radius 1 is 1.19 bits per heavy atom. The van der Waals surface area contributed by atoms with E-state index in [1.165, 1.54) is 11.7 Å². The number of aromatic nitrogens is 1. The van der Waals surface area contributed by atoms with Crippen molar-refractivity contribution in [2.24, 2.45) is 0 Å². The lowest BCUT2D eigenvalue weighted by molar-refractivity contribution is 0.0541. The van der Waals surface area contributed by atoms with E-state index in [1.54, 1.807) is 39.8 Å². The number of nitrogens with zero attached hydrogens (tertiary/aromatic N) is 1. The van der Waals surface area contributed by atoms with Crippen molar-refractivity contribution >= 4 is 23.0 Å². The molecule has 0 saturated carbocycles. The highest BCUT2D eigenvalue weighted by Gasteiger charge is 2.23. The molecule has 0 bridgehead atoms. The first-order valence-electron chi connectivity index (χ1n) is 6.67. The fraction of sp³-hybridized carbons (Fsp3) is 0.375. The Morgan fingerprint density at radius 3 is 2.43 bits per heavy atom. The van der Waals surface area contributed by atoms with Gasteiger partial charge in [-0.25, -0.2) is 14.2 Å². The number of aryl methyl sites for hydroxylation is 1. The number of benzene rings is 1. The molecule has 21 heavy (non-hydrogen) atoms. The van der Waals surface area contributed by atoms with Gasteiger partial charge in [0.15, 0.2) is 0 Å². The van der Waals surface area contributed by atoms with Gasteiger partial charge < -0.3 is 9.47 Å². The number of esters is 1. The molecule has 0 fully saturated rings. The fourth-order valence-corrected chi connectivity index (χ4v) is 2.21. The van der Waals surface area contributed by atoms with E-state index in [4.69, 9.17) is 9.47 Å². The van der Waals surface area contributed by atoms with E-state index in [0.717, 1.165) is 5.39 Å². The van der Waals surface area contributed by atoms with Crippen LogP contribution in [-0.2, 0) is 9.47 Å². The van der Waals surface area contributed by atoms with Crippen LogP contribution in [-0.4, -0.2) is 29.3 Å². The van der Waals surface area contributed by atoms with Gasteiger partial charge in [0.05, 0.1) is 18.2 Å². The summed E-state index contributed by atoms with van der Waals surface area (Å²) in [5.41, 5.74) is 0.945. The van der Waals surface area contributed by atoms with Gasteiger partial charge in [0.25, 0.3) is 0 Å². The van der Waals surface area contributed by atoms with E-state index < -0.39 is 17.7 Å². The monoisotopic (exact) mass is 289 g/mol. The molecule has 0 N–H and O–H groups in total. The molecule has 0 saturated heterocycles. The molecule has 2 aromatic rings. The molecule has 1 heterocycles. The second kappa shape index (κ2) is 5.24. The quantitative estimate of drug-likeness (QED) is 0.754. The second-order valence-electron chi connectivity index (χ2n) is 5.84. The minimum atomic E-state index is -0.611. The van der Waals surface area contributed by atoms with Gasteiger partial charge in [-0.2, -0.15) is 0 Å². The number of hydrogen-bond acceptors (Lipinski definition) is 4. The van der Waals surface area contributed by atoms with E-state index in [1.807, 2.05) is 12.1 Å². The Balaban J connectivity index is 2.65. The molecule has 0 amide bonds. The molecule has 1 aromatic heterocycles. The SMILES string of the molecule is COC(=O)c1cccc2cc(C)n(C(=O)OC(C)(C)C)c12. The van der Waals surface area contributed by atoms with Crippen LogP contribution in [0, 0.1) is 6.92 Å². The standard InChI is InChI=1S/C16H19NO4/c1-10-9-11-7-6-8-12(14(18)20-5)13(11)17(10)15(19)21-16(2,3)4/h6-9H,1-5H3. The Labute approximate surface area is 123 Å². The smallest absolute Gasteiger partial charge is 0.419 e. The summed E-state index contributed by atoms with van der Waals surface area (Å²) in [5, 5.41) is 0.793. The van der Waals surface area contributed by atoms with Gasteiger partial charge in [0.2, 0.25) is 0 Å². The van der Waals surface area contributed by atoms with E-state index in [0.29, 0.717) is 16.8 Å². The number of ether oxygens (including phenoxy) is 2. The summed E-state index contributed by atoms with van der Waals surface area (Å²) in [6.07, 6.45) is -0.508. The predicted octanol–water partition coefficient (Wildman–Crippen LogP) is 3.52. The van der Waals surface area contributed by atoms with Crippen molar-refractivity contribution in [1.82, 2.24) is 4.57 Å². The maximum absolute atomic E-state index is 12.4. The maximum Gasteiger partial charge on any atom is 0.419 e. The molecule has 2 rings (SSSR count). The number of methoxy groups -OCH3 is 1. The van der Waals surface area contributed by atoms with E-state index in [2.05, 4.69) is 0 Å². The van der Waals surface area contributed by atoms with Gasteiger partial charge >= 0.3 is 12.1 Å². The van der Waals surface area contributed by atoms with Crippen LogP contribution in [0.25, 0.3) is 10.9 Å². The summed E-state index contributed by atoms with van der Waals surface area (Å²) in [5.74, 6) is -0.483. The van der Waals surface area contributed by atoms with Crippen LogP contribution in [0.1, 0.15) is 36.8 Å². The van der Waals surface area contributed by atoms with E-state index in [9.17, 15) is 9.59 Å². The Morgan fingerprint density at radius 2 is 1.86 bits per heavy atom. The van der Waals surface area contributed by atoms with Crippen LogP contribution in [0.3, 0.4) is 0 Å². The van der Waals surface area contributed by atoms with Crippen LogP contribution < -0.4 is 0 Å². The molecule has 0 unspecified atom stereocenters. The number of para-hydroxylation sites is 1. The molecule has 0 aliphatic heterocycles. The highest BCUT2D eigenvalue weighted by atomic mass is 16.6. The normalized spacial score (nSPS) is 11.5. The Hall–Kier alpha value is -2.30. The van der Waals surface area contributed by atoms with Crippen LogP contribution >= 0.6 is 0 Å². The summed E-state index contributed by atoms with van der Waals surface area (Å²) < 4.78 is 11.6. The third-order valence-electron chi connectivity index (χ3n) is 2.99. The molecule has 0 aliphatic carbocycles. The molecule has 0 atom stereocenters. The lowest BCUT2D eigenvalue weighted by atomic mass is 10.1. The highest BCUT2D eigenvalue weighted by Crippen LogP contribution is 2.25. The zero-order valence-electron chi connectivity index (χ0n) is 12.9. The average Bonchev–Trinajstić information content (AvgIpc) is 2.71. The first-order chi connectivity index (χ1) is 9.74. The lowest BCUT2D eigenvalue weighted by Gasteiger charge is -2.20. The van der Waals surface area contributed by atoms with Crippen molar-refractivity contribution in [3.63, 3.8) is 0 Å². The Bertz CT molecular complexity index is 707. The van der Waals surface area contributed by atoms with Crippen molar-refractivity contribution < 1.29 is 19.1 Å². The number of carbonyl (C=O) groups is 2. The van der Waals surface area contributed by atoms with Gasteiger partial charge in [-0.15, -0.1) is 0 Å². The number of rotatable bonds is 1. The Kier molecular flexibility index (Phi) is 3.77. The molecule has 0 radical (unpaired) electrons. The summed E-state index contributed by atoms with van der Waals surface area (Å²) in [6.45, 7) is 7.19. The van der Waals surface area contributed by atoms with Crippen LogP contribution in [0.15, 0.2) is 24.3 Å². The topological polar surface area (TPSA) is 57.5 Å². The largest absolute Gasteiger partial charge is 0.465 e. The fourth-order valence-electron chi connectivity index (χ4n) is 2.21. The van der Waals surface area contributed by atoms with Gasteiger partial charge in [0.1, 0.15) is 5.60 Å². The third kappa shape index (κ3) is 2.91. The average molecular weight is 289 g/mol. The van der Waals surface area contributed by atoms with Crippen molar-refractivity contribution in [2.45, 2.75) is 33.3 Å². The molecule has 5 heteroatoms. The molecule has 1 aromatic carbocycles. The highest BCUT2D eigenvalue weighted by molar-refractivity contribution is 6.06. The van der Waals surface area contributed by atoms with Gasteiger partial charge in [-0.3, -0.25) is 0 Å². The lowest BCUT2D eigenvalue weighted by Crippen LogP contribution is -2.28. The number of hydrogen-bond donors (Lipinski definition) is 0. The molecular formula is C16H19NO4. The second-order valence-corrected chi connectivity index (χ2v) is 5.84. The van der Waals surface area contributed by atoms with E-state index in [-0.39, 0.29) is 0 Å². The van der Waals surface area contributed by atoms with Gasteiger partial charge in [-0.05, 0) is 39.8 Å². The summed E-state index contributed by atoms with van der Waals surface area (Å²) in [4.78, 5) is 24.3. The van der Waals surface area contributed by atoms with Crippen molar-refractivity contribution in [1.29, 1.82) is 0 Å². The minimum Gasteiger partial charge on any atom is -0.465 e. The molecule has 0 spiro atoms. The zero-order valence-corrected chi connectivity index (χ0v) is 12.9. The van der Waals surface area contributed by atoms with Crippen molar-refractivity contribution in [2.75, 3.05) is 7.11 Å². The van der Waals surface area contributed by atoms with Crippen LogP contribution in [0.2, 0.25) is 0 Å². The molecule has 0 aliphatic rings. The summed E-state index contributed by atoms with van der Waals surface area (Å²) >= 11 is 0. The molecule has 5 nitrogen and oxygen atoms in total. The first kappa shape index (κ1) is 15.1. The van der Waals surface area contributed by atoms with E-state index >= 15 is 0 Å². The minimum absolute atomic E-state index is 0.342. The van der Waals surface area contributed by atoms with Crippen molar-refractivity contribution in [3.8, 4) is 0 Å². The maximum atomic E-state index is 12.4. The zero-order chi connectivity index (χ0) is 15.8. The summed E-state index contributed by atoms with van der Waals surface area (Å²) in [7, 11) is 1.31. The van der Waals surface area contributed by atoms with Gasteiger partial charge in [0, 0.05) is 11.1 Å². The number of fused-ring (bicyclic) bond motifs is 1. The predicted molar refractivity (Wildman–Crippen MR) is 79.6 cm³/mol. The third-order valence-corrected chi connectivity index (χ3v) is 2.99.